The standard InChI is InChI=1S/C20H28N2O5/c1-21-13-15(23)12-20(19(21)25)6-8-22(9-7-20)18(24)11-14-10-16(26-2)4-5-17(14)27-3/h4-5,10,15,23H,6-9,11-13H2,1-3H3. The molecular formula is C20H28N2O5. The van der Waals surface area contributed by atoms with E-state index in [2.05, 4.69) is 0 Å². The maximum atomic E-state index is 12.8. The molecule has 0 aliphatic carbocycles. The molecule has 2 saturated heterocycles. The molecule has 7 heteroatoms. The highest BCUT2D eigenvalue weighted by Gasteiger charge is 2.47. The van der Waals surface area contributed by atoms with Crippen LogP contribution in [0.2, 0.25) is 0 Å². The van der Waals surface area contributed by atoms with Gasteiger partial charge in [0.2, 0.25) is 11.8 Å². The highest BCUT2D eigenvalue weighted by molar-refractivity contribution is 5.84. The number of carbonyl (C=O) groups excluding carboxylic acids is 2. The van der Waals surface area contributed by atoms with Crippen molar-refractivity contribution in [2.75, 3.05) is 40.9 Å². The molecule has 1 N–H and O–H groups in total. The number of methoxy groups -OCH3 is 2. The van der Waals surface area contributed by atoms with Crippen molar-refractivity contribution in [1.29, 1.82) is 0 Å². The first kappa shape index (κ1) is 19.5. The molecule has 0 bridgehead atoms. The number of aliphatic hydroxyl groups is 1. The molecule has 1 atom stereocenters. The third-order valence-corrected chi connectivity index (χ3v) is 5.81. The van der Waals surface area contributed by atoms with Crippen LogP contribution in [0, 0.1) is 5.41 Å². The first-order valence-electron chi connectivity index (χ1n) is 9.31. The lowest BCUT2D eigenvalue weighted by molar-refractivity contribution is -0.156. The maximum Gasteiger partial charge on any atom is 0.228 e. The van der Waals surface area contributed by atoms with Crippen molar-refractivity contribution in [3.63, 3.8) is 0 Å². The number of rotatable bonds is 4. The van der Waals surface area contributed by atoms with Gasteiger partial charge in [-0.15, -0.1) is 0 Å². The van der Waals surface area contributed by atoms with E-state index in [4.69, 9.17) is 9.47 Å². The largest absolute Gasteiger partial charge is 0.497 e. The molecule has 2 heterocycles. The maximum absolute atomic E-state index is 12.8. The summed E-state index contributed by atoms with van der Waals surface area (Å²) >= 11 is 0. The van der Waals surface area contributed by atoms with E-state index in [1.54, 1.807) is 43.2 Å². The molecule has 3 rings (SSSR count). The molecule has 2 aliphatic rings. The quantitative estimate of drug-likeness (QED) is 0.851. The zero-order chi connectivity index (χ0) is 19.6. The van der Waals surface area contributed by atoms with Gasteiger partial charge in [-0.1, -0.05) is 0 Å². The van der Waals surface area contributed by atoms with Crippen LogP contribution in [0.4, 0.5) is 0 Å². The van der Waals surface area contributed by atoms with Gasteiger partial charge in [0.15, 0.2) is 0 Å². The Labute approximate surface area is 159 Å². The van der Waals surface area contributed by atoms with Gasteiger partial charge in [0, 0.05) is 32.2 Å². The normalized spacial score (nSPS) is 22.1. The average molecular weight is 376 g/mol. The van der Waals surface area contributed by atoms with E-state index >= 15 is 0 Å². The predicted molar refractivity (Wildman–Crippen MR) is 99.8 cm³/mol. The predicted octanol–water partition coefficient (Wildman–Crippen LogP) is 1.08. The number of carbonyl (C=O) groups is 2. The smallest absolute Gasteiger partial charge is 0.228 e. The van der Waals surface area contributed by atoms with Crippen LogP contribution >= 0.6 is 0 Å². The number of hydrogen-bond acceptors (Lipinski definition) is 5. The number of likely N-dealkylation sites (tertiary alicyclic amines) is 2. The molecular weight excluding hydrogens is 348 g/mol. The van der Waals surface area contributed by atoms with E-state index < -0.39 is 11.5 Å². The number of ether oxygens (including phenoxy) is 2. The zero-order valence-corrected chi connectivity index (χ0v) is 16.2. The SMILES string of the molecule is COc1ccc(OC)c(CC(=O)N2CCC3(CC2)CC(O)CN(C)C3=O)c1. The summed E-state index contributed by atoms with van der Waals surface area (Å²) in [6.45, 7) is 1.44. The molecule has 1 spiro atoms. The van der Waals surface area contributed by atoms with Crippen LogP contribution in [0.1, 0.15) is 24.8 Å². The van der Waals surface area contributed by atoms with Gasteiger partial charge in [0.25, 0.3) is 0 Å². The second-order valence-electron chi connectivity index (χ2n) is 7.56. The second kappa shape index (κ2) is 7.76. The fourth-order valence-electron chi connectivity index (χ4n) is 4.30. The Hall–Kier alpha value is -2.28. The van der Waals surface area contributed by atoms with E-state index in [1.165, 1.54) is 0 Å². The van der Waals surface area contributed by atoms with E-state index in [-0.39, 0.29) is 18.2 Å². The highest BCUT2D eigenvalue weighted by atomic mass is 16.5. The average Bonchev–Trinajstić information content (AvgIpc) is 2.66. The van der Waals surface area contributed by atoms with Crippen molar-refractivity contribution in [3.05, 3.63) is 23.8 Å². The lowest BCUT2D eigenvalue weighted by atomic mass is 9.71. The molecule has 2 amide bonds. The molecule has 2 aliphatic heterocycles. The minimum atomic E-state index is -0.531. The van der Waals surface area contributed by atoms with E-state index in [0.717, 1.165) is 5.56 Å². The number of likely N-dealkylation sites (N-methyl/N-ethyl adjacent to an activating group) is 1. The van der Waals surface area contributed by atoms with Crippen molar-refractivity contribution in [2.45, 2.75) is 31.8 Å². The summed E-state index contributed by atoms with van der Waals surface area (Å²) in [6.07, 6.45) is 1.41. The number of β-amino-alcohol motifs (C(OH)–C–C–N with tert-alkyl or cyclic N) is 1. The summed E-state index contributed by atoms with van der Waals surface area (Å²) in [5.41, 5.74) is 0.252. The first-order valence-corrected chi connectivity index (χ1v) is 9.31. The first-order chi connectivity index (χ1) is 12.9. The van der Waals surface area contributed by atoms with Crippen LogP contribution in [0.15, 0.2) is 18.2 Å². The monoisotopic (exact) mass is 376 g/mol. The van der Waals surface area contributed by atoms with Gasteiger partial charge in [-0.3, -0.25) is 9.59 Å². The number of piperidine rings is 2. The van der Waals surface area contributed by atoms with Gasteiger partial charge in [-0.05, 0) is 37.5 Å². The van der Waals surface area contributed by atoms with Crippen molar-refractivity contribution in [3.8, 4) is 11.5 Å². The molecule has 27 heavy (non-hydrogen) atoms. The Morgan fingerprint density at radius 3 is 2.59 bits per heavy atom. The number of hydrogen-bond donors (Lipinski definition) is 1. The fourth-order valence-corrected chi connectivity index (χ4v) is 4.30. The van der Waals surface area contributed by atoms with Crippen LogP contribution in [0.3, 0.4) is 0 Å². The van der Waals surface area contributed by atoms with Gasteiger partial charge in [0.05, 0.1) is 32.2 Å². The van der Waals surface area contributed by atoms with Crippen molar-refractivity contribution >= 4 is 11.8 Å². The lowest BCUT2D eigenvalue weighted by Gasteiger charge is -2.47. The van der Waals surface area contributed by atoms with Gasteiger partial charge >= 0.3 is 0 Å². The summed E-state index contributed by atoms with van der Waals surface area (Å²) in [6, 6.07) is 5.41. The second-order valence-corrected chi connectivity index (χ2v) is 7.56. The molecule has 7 nitrogen and oxygen atoms in total. The summed E-state index contributed by atoms with van der Waals surface area (Å²) in [5, 5.41) is 10.1. The molecule has 1 aromatic rings. The van der Waals surface area contributed by atoms with Gasteiger partial charge in [-0.2, -0.15) is 0 Å². The molecule has 0 saturated carbocycles. The van der Waals surface area contributed by atoms with Gasteiger partial charge in [0.1, 0.15) is 11.5 Å². The van der Waals surface area contributed by atoms with Crippen molar-refractivity contribution in [2.24, 2.45) is 5.41 Å². The van der Waals surface area contributed by atoms with Gasteiger partial charge < -0.3 is 24.4 Å². The summed E-state index contributed by atoms with van der Waals surface area (Å²) in [7, 11) is 4.90. The summed E-state index contributed by atoms with van der Waals surface area (Å²) < 4.78 is 10.6. The van der Waals surface area contributed by atoms with Crippen LogP contribution in [0.5, 0.6) is 11.5 Å². The minimum Gasteiger partial charge on any atom is -0.497 e. The van der Waals surface area contributed by atoms with E-state index in [9.17, 15) is 14.7 Å². The molecule has 0 radical (unpaired) electrons. The third-order valence-electron chi connectivity index (χ3n) is 5.81. The molecule has 1 unspecified atom stereocenters. The van der Waals surface area contributed by atoms with Crippen molar-refractivity contribution < 1.29 is 24.2 Å². The lowest BCUT2D eigenvalue weighted by Crippen LogP contribution is -2.57. The number of benzene rings is 1. The van der Waals surface area contributed by atoms with Crippen molar-refractivity contribution in [1.82, 2.24) is 9.80 Å². The fraction of sp³-hybridized carbons (Fsp3) is 0.600. The highest BCUT2D eigenvalue weighted by Crippen LogP contribution is 2.40. The Balaban J connectivity index is 1.66. The Morgan fingerprint density at radius 2 is 1.96 bits per heavy atom. The number of amides is 2. The van der Waals surface area contributed by atoms with Crippen LogP contribution < -0.4 is 9.47 Å². The Bertz CT molecular complexity index is 712. The van der Waals surface area contributed by atoms with E-state index in [0.29, 0.717) is 50.4 Å². The summed E-state index contributed by atoms with van der Waals surface area (Å²) in [5.74, 6) is 1.44. The molecule has 0 aromatic heterocycles. The van der Waals surface area contributed by atoms with Crippen LogP contribution in [-0.2, 0) is 16.0 Å². The Kier molecular flexibility index (Phi) is 5.60. The third kappa shape index (κ3) is 3.88. The van der Waals surface area contributed by atoms with Gasteiger partial charge in [-0.25, -0.2) is 0 Å². The topological polar surface area (TPSA) is 79.3 Å². The zero-order valence-electron chi connectivity index (χ0n) is 16.2. The summed E-state index contributed by atoms with van der Waals surface area (Å²) in [4.78, 5) is 28.9. The molecule has 1 aromatic carbocycles. The van der Waals surface area contributed by atoms with Crippen LogP contribution in [-0.4, -0.2) is 73.7 Å². The minimum absolute atomic E-state index is 0.00793. The Morgan fingerprint density at radius 1 is 1.26 bits per heavy atom. The molecule has 148 valence electrons. The van der Waals surface area contributed by atoms with E-state index in [1.807, 2.05) is 6.07 Å². The number of aliphatic hydroxyl groups excluding tert-OH is 1. The molecule has 2 fully saturated rings. The number of nitrogens with zero attached hydrogens (tertiary/aromatic N) is 2. The van der Waals surface area contributed by atoms with Crippen LogP contribution in [0.25, 0.3) is 0 Å².